The predicted molar refractivity (Wildman–Crippen MR) is 79.0 cm³/mol. The zero-order valence-corrected chi connectivity index (χ0v) is 12.6. The van der Waals surface area contributed by atoms with E-state index in [2.05, 4.69) is 18.8 Å². The Labute approximate surface area is 121 Å². The number of ether oxygens (including phenoxy) is 1. The van der Waals surface area contributed by atoms with Gasteiger partial charge in [0.05, 0.1) is 7.11 Å². The molecule has 1 aromatic rings. The summed E-state index contributed by atoms with van der Waals surface area (Å²) in [6, 6.07) is 4.20. The van der Waals surface area contributed by atoms with Gasteiger partial charge in [0, 0.05) is 18.3 Å². The average Bonchev–Trinajstić information content (AvgIpc) is 3.00. The molecular weight excluding hydrogens is 252 g/mol. The van der Waals surface area contributed by atoms with Crippen molar-refractivity contribution in [3.63, 3.8) is 0 Å². The lowest BCUT2D eigenvalue weighted by molar-refractivity contribution is 0.0585. The molecule has 0 aliphatic heterocycles. The molecule has 0 radical (unpaired) electrons. The minimum Gasteiger partial charge on any atom is -0.480 e. The van der Waals surface area contributed by atoms with Crippen molar-refractivity contribution in [2.45, 2.75) is 58.0 Å². The van der Waals surface area contributed by atoms with Gasteiger partial charge in [-0.2, -0.15) is 0 Å². The molecule has 1 amide bonds. The van der Waals surface area contributed by atoms with Crippen LogP contribution in [0, 0.1) is 0 Å². The van der Waals surface area contributed by atoms with Gasteiger partial charge in [-0.3, -0.25) is 4.79 Å². The lowest BCUT2D eigenvalue weighted by Gasteiger charge is -2.34. The molecule has 1 heterocycles. The molecule has 1 aliphatic rings. The molecular formula is C16H24N2O2. The van der Waals surface area contributed by atoms with Crippen LogP contribution in [0.3, 0.4) is 0 Å². The first-order chi connectivity index (χ1) is 9.69. The highest BCUT2D eigenvalue weighted by Crippen LogP contribution is 2.29. The van der Waals surface area contributed by atoms with Gasteiger partial charge in [-0.05, 0) is 38.3 Å². The average molecular weight is 276 g/mol. The van der Waals surface area contributed by atoms with E-state index in [1.54, 1.807) is 25.4 Å². The normalized spacial score (nSPS) is 16.9. The smallest absolute Gasteiger partial charge is 0.259 e. The van der Waals surface area contributed by atoms with Gasteiger partial charge in [0.1, 0.15) is 5.56 Å². The number of carbonyl (C=O) groups excluding carboxylic acids is 1. The SMILES string of the molecule is CC[C@@H](C)N(C(=O)c1cccnc1OC)C1CCCC1. The number of hydrogen-bond acceptors (Lipinski definition) is 3. The van der Waals surface area contributed by atoms with Crippen LogP contribution in [0.2, 0.25) is 0 Å². The Balaban J connectivity index is 2.30. The molecule has 1 fully saturated rings. The highest BCUT2D eigenvalue weighted by Gasteiger charge is 2.31. The number of rotatable bonds is 5. The van der Waals surface area contributed by atoms with Crippen LogP contribution in [-0.2, 0) is 0 Å². The van der Waals surface area contributed by atoms with E-state index in [1.807, 2.05) is 4.90 Å². The number of hydrogen-bond donors (Lipinski definition) is 0. The van der Waals surface area contributed by atoms with Crippen LogP contribution in [-0.4, -0.2) is 35.0 Å². The summed E-state index contributed by atoms with van der Waals surface area (Å²) in [6.07, 6.45) is 7.27. The van der Waals surface area contributed by atoms with Gasteiger partial charge >= 0.3 is 0 Å². The molecule has 4 heteroatoms. The zero-order chi connectivity index (χ0) is 14.5. The van der Waals surface area contributed by atoms with Crippen LogP contribution in [0.1, 0.15) is 56.3 Å². The summed E-state index contributed by atoms with van der Waals surface area (Å²) in [7, 11) is 1.56. The van der Waals surface area contributed by atoms with E-state index in [0.717, 1.165) is 19.3 Å². The summed E-state index contributed by atoms with van der Waals surface area (Å²) in [5.74, 6) is 0.472. The van der Waals surface area contributed by atoms with E-state index in [4.69, 9.17) is 4.74 Å². The van der Waals surface area contributed by atoms with Crippen LogP contribution in [0.25, 0.3) is 0 Å². The Bertz CT molecular complexity index is 456. The van der Waals surface area contributed by atoms with Crippen molar-refractivity contribution in [3.8, 4) is 5.88 Å². The minimum absolute atomic E-state index is 0.0520. The first-order valence-corrected chi connectivity index (χ1v) is 7.50. The number of amides is 1. The lowest BCUT2D eigenvalue weighted by atomic mass is 10.1. The molecule has 1 aromatic heterocycles. The molecule has 1 saturated carbocycles. The maximum atomic E-state index is 12.9. The lowest BCUT2D eigenvalue weighted by Crippen LogP contribution is -2.44. The van der Waals surface area contributed by atoms with Gasteiger partial charge in [-0.25, -0.2) is 4.98 Å². The maximum Gasteiger partial charge on any atom is 0.259 e. The van der Waals surface area contributed by atoms with Crippen molar-refractivity contribution in [3.05, 3.63) is 23.9 Å². The monoisotopic (exact) mass is 276 g/mol. The number of methoxy groups -OCH3 is 1. The Morgan fingerprint density at radius 2 is 2.20 bits per heavy atom. The van der Waals surface area contributed by atoms with Crippen LogP contribution < -0.4 is 4.74 Å². The molecule has 4 nitrogen and oxygen atoms in total. The summed E-state index contributed by atoms with van der Waals surface area (Å²) in [5.41, 5.74) is 0.571. The minimum atomic E-state index is 0.0520. The van der Waals surface area contributed by atoms with E-state index < -0.39 is 0 Å². The first-order valence-electron chi connectivity index (χ1n) is 7.50. The quantitative estimate of drug-likeness (QED) is 0.829. The van der Waals surface area contributed by atoms with Crippen molar-refractivity contribution in [1.29, 1.82) is 0 Å². The van der Waals surface area contributed by atoms with Gasteiger partial charge in [0.25, 0.3) is 5.91 Å². The van der Waals surface area contributed by atoms with Gasteiger partial charge in [0.15, 0.2) is 0 Å². The van der Waals surface area contributed by atoms with Crippen molar-refractivity contribution in [2.75, 3.05) is 7.11 Å². The second-order valence-electron chi connectivity index (χ2n) is 5.47. The molecule has 0 N–H and O–H groups in total. The molecule has 0 saturated heterocycles. The summed E-state index contributed by atoms with van der Waals surface area (Å²) >= 11 is 0. The highest BCUT2D eigenvalue weighted by molar-refractivity contribution is 5.96. The fourth-order valence-corrected chi connectivity index (χ4v) is 2.96. The molecule has 0 bridgehead atoms. The van der Waals surface area contributed by atoms with Gasteiger partial charge in [-0.15, -0.1) is 0 Å². The highest BCUT2D eigenvalue weighted by atomic mass is 16.5. The first kappa shape index (κ1) is 14.8. The Morgan fingerprint density at radius 3 is 2.80 bits per heavy atom. The maximum absolute atomic E-state index is 12.9. The van der Waals surface area contributed by atoms with E-state index in [-0.39, 0.29) is 11.9 Å². The van der Waals surface area contributed by atoms with Gasteiger partial charge in [0.2, 0.25) is 5.88 Å². The van der Waals surface area contributed by atoms with Crippen molar-refractivity contribution < 1.29 is 9.53 Å². The molecule has 2 rings (SSSR count). The molecule has 1 atom stereocenters. The second-order valence-corrected chi connectivity index (χ2v) is 5.47. The van der Waals surface area contributed by atoms with Crippen LogP contribution in [0.5, 0.6) is 5.88 Å². The summed E-state index contributed by atoms with van der Waals surface area (Å²) in [4.78, 5) is 19.1. The number of nitrogens with zero attached hydrogens (tertiary/aromatic N) is 2. The van der Waals surface area contributed by atoms with Crippen LogP contribution in [0.4, 0.5) is 0 Å². The van der Waals surface area contributed by atoms with E-state index >= 15 is 0 Å². The molecule has 0 spiro atoms. The molecule has 1 aliphatic carbocycles. The number of carbonyl (C=O) groups is 1. The third-order valence-electron chi connectivity index (χ3n) is 4.21. The third-order valence-corrected chi connectivity index (χ3v) is 4.21. The summed E-state index contributed by atoms with van der Waals surface area (Å²) in [6.45, 7) is 4.25. The van der Waals surface area contributed by atoms with E-state index in [0.29, 0.717) is 17.5 Å². The summed E-state index contributed by atoms with van der Waals surface area (Å²) in [5, 5.41) is 0. The van der Waals surface area contributed by atoms with Crippen molar-refractivity contribution >= 4 is 5.91 Å². The Kier molecular flexibility index (Phi) is 4.99. The molecule has 0 aromatic carbocycles. The van der Waals surface area contributed by atoms with Crippen LogP contribution >= 0.6 is 0 Å². The molecule has 110 valence electrons. The zero-order valence-electron chi connectivity index (χ0n) is 12.6. The Morgan fingerprint density at radius 1 is 1.50 bits per heavy atom. The molecule has 0 unspecified atom stereocenters. The van der Waals surface area contributed by atoms with Crippen molar-refractivity contribution in [1.82, 2.24) is 9.88 Å². The third kappa shape index (κ3) is 2.94. The largest absolute Gasteiger partial charge is 0.480 e. The Hall–Kier alpha value is -1.58. The van der Waals surface area contributed by atoms with E-state index in [9.17, 15) is 4.79 Å². The fourth-order valence-electron chi connectivity index (χ4n) is 2.96. The van der Waals surface area contributed by atoms with Crippen molar-refractivity contribution in [2.24, 2.45) is 0 Å². The number of pyridine rings is 1. The van der Waals surface area contributed by atoms with E-state index in [1.165, 1.54) is 12.8 Å². The van der Waals surface area contributed by atoms with Gasteiger partial charge in [-0.1, -0.05) is 19.8 Å². The van der Waals surface area contributed by atoms with Crippen LogP contribution in [0.15, 0.2) is 18.3 Å². The fraction of sp³-hybridized carbons (Fsp3) is 0.625. The number of aromatic nitrogens is 1. The summed E-state index contributed by atoms with van der Waals surface area (Å²) < 4.78 is 5.23. The molecule has 20 heavy (non-hydrogen) atoms. The topological polar surface area (TPSA) is 42.4 Å². The predicted octanol–water partition coefficient (Wildman–Crippen LogP) is 3.27. The van der Waals surface area contributed by atoms with Gasteiger partial charge < -0.3 is 9.64 Å². The second kappa shape index (κ2) is 6.73. The standard InChI is InChI=1S/C16H24N2O2/c1-4-12(2)18(13-8-5-6-9-13)16(19)14-10-7-11-17-15(14)20-3/h7,10-13H,4-6,8-9H2,1-3H3/t12-/m1/s1.